The predicted molar refractivity (Wildman–Crippen MR) is 153 cm³/mol. The van der Waals surface area contributed by atoms with Gasteiger partial charge >= 0.3 is 0 Å². The molecule has 4 heteroatoms. The van der Waals surface area contributed by atoms with E-state index < -0.39 is 0 Å². The highest BCUT2D eigenvalue weighted by atomic mass is 16.5. The molecule has 1 atom stereocenters. The molecule has 0 saturated carbocycles. The maximum absolute atomic E-state index is 10.1. The van der Waals surface area contributed by atoms with Crippen molar-refractivity contribution >= 4 is 0 Å². The molecule has 0 radical (unpaired) electrons. The second-order valence-electron chi connectivity index (χ2n) is 13.2. The lowest BCUT2D eigenvalue weighted by Crippen LogP contribution is -2.27. The summed E-state index contributed by atoms with van der Waals surface area (Å²) in [6, 6.07) is 14.2. The lowest BCUT2D eigenvalue weighted by atomic mass is 9.71. The molecule has 0 aliphatic heterocycles. The molecule has 0 amide bonds. The zero-order chi connectivity index (χ0) is 28.1. The highest BCUT2D eigenvalue weighted by Gasteiger charge is 2.57. The Bertz CT molecular complexity index is 1680. The van der Waals surface area contributed by atoms with Crippen molar-refractivity contribution in [3.05, 3.63) is 91.0 Å². The molecule has 39 heavy (non-hydrogen) atoms. The Morgan fingerprint density at radius 1 is 0.641 bits per heavy atom. The summed E-state index contributed by atoms with van der Waals surface area (Å²) in [4.78, 5) is 0. The van der Waals surface area contributed by atoms with E-state index in [9.17, 15) is 10.5 Å². The summed E-state index contributed by atoms with van der Waals surface area (Å²) in [6.45, 7) is 13.4. The van der Waals surface area contributed by atoms with E-state index in [1.807, 2.05) is 13.8 Å². The molecule has 3 aliphatic rings. The van der Waals surface area contributed by atoms with Crippen LogP contribution in [0.25, 0.3) is 0 Å². The monoisotopic (exact) mass is 516 g/mol. The number of ether oxygens (including phenoxy) is 2. The van der Waals surface area contributed by atoms with Crippen LogP contribution in [0, 0.1) is 36.5 Å². The Balaban J connectivity index is 1.59. The molecule has 0 heterocycles. The molecule has 0 aromatic heterocycles. The first-order chi connectivity index (χ1) is 18.4. The van der Waals surface area contributed by atoms with Crippen molar-refractivity contribution < 1.29 is 9.47 Å². The highest BCUT2D eigenvalue weighted by molar-refractivity contribution is 5.68. The molecule has 0 N–H and O–H groups in total. The number of hydrogen-bond donors (Lipinski definition) is 0. The van der Waals surface area contributed by atoms with Gasteiger partial charge in [0.25, 0.3) is 0 Å². The van der Waals surface area contributed by atoms with E-state index in [4.69, 9.17) is 9.47 Å². The molecule has 3 aliphatic carbocycles. The minimum atomic E-state index is -0.119. The largest absolute Gasteiger partial charge is 0.493 e. The first-order valence-electron chi connectivity index (χ1n) is 13.8. The highest BCUT2D eigenvalue weighted by Crippen LogP contribution is 2.64. The third-order valence-corrected chi connectivity index (χ3v) is 10.1. The lowest BCUT2D eigenvalue weighted by molar-refractivity contribution is 0.348. The van der Waals surface area contributed by atoms with Crippen molar-refractivity contribution in [3.8, 4) is 23.6 Å². The molecule has 1 unspecified atom stereocenters. The summed E-state index contributed by atoms with van der Waals surface area (Å²) in [5, 5.41) is 20.2. The molecule has 198 valence electrons. The normalized spacial score (nSPS) is 20.9. The Labute approximate surface area is 232 Å². The van der Waals surface area contributed by atoms with Gasteiger partial charge in [-0.15, -0.1) is 0 Å². The van der Waals surface area contributed by atoms with Crippen LogP contribution in [-0.4, -0.2) is 14.2 Å². The molecule has 6 rings (SSSR count). The fourth-order valence-electron chi connectivity index (χ4n) is 8.30. The third kappa shape index (κ3) is 3.28. The summed E-state index contributed by atoms with van der Waals surface area (Å²) in [5.41, 5.74) is 13.4. The van der Waals surface area contributed by atoms with Crippen LogP contribution in [0.15, 0.2) is 24.3 Å². The average molecular weight is 517 g/mol. The van der Waals surface area contributed by atoms with E-state index in [0.29, 0.717) is 12.8 Å². The summed E-state index contributed by atoms with van der Waals surface area (Å²) < 4.78 is 11.5. The van der Waals surface area contributed by atoms with Gasteiger partial charge in [-0.25, -0.2) is 0 Å². The molecule has 3 aromatic carbocycles. The van der Waals surface area contributed by atoms with Gasteiger partial charge < -0.3 is 9.47 Å². The summed E-state index contributed by atoms with van der Waals surface area (Å²) in [5.74, 6) is 1.56. The Kier molecular flexibility index (Phi) is 5.31. The Morgan fingerprint density at radius 2 is 1.03 bits per heavy atom. The van der Waals surface area contributed by atoms with Gasteiger partial charge in [0.15, 0.2) is 11.5 Å². The van der Waals surface area contributed by atoms with Crippen LogP contribution in [0.4, 0.5) is 0 Å². The van der Waals surface area contributed by atoms with Gasteiger partial charge in [0.2, 0.25) is 0 Å². The van der Waals surface area contributed by atoms with Gasteiger partial charge in [-0.1, -0.05) is 39.8 Å². The van der Waals surface area contributed by atoms with E-state index >= 15 is 0 Å². The maximum atomic E-state index is 10.1. The number of nitriles is 2. The fraction of sp³-hybridized carbons (Fsp3) is 0.429. The van der Waals surface area contributed by atoms with Crippen molar-refractivity contribution in [1.82, 2.24) is 0 Å². The van der Waals surface area contributed by atoms with Crippen LogP contribution in [0.2, 0.25) is 0 Å². The van der Waals surface area contributed by atoms with Crippen LogP contribution >= 0.6 is 0 Å². The van der Waals surface area contributed by atoms with Gasteiger partial charge in [-0.2, -0.15) is 10.5 Å². The smallest absolute Gasteiger partial charge is 0.161 e. The molecular weight excluding hydrogens is 480 g/mol. The van der Waals surface area contributed by atoms with Crippen molar-refractivity contribution in [1.29, 1.82) is 10.5 Å². The van der Waals surface area contributed by atoms with Gasteiger partial charge in [-0.05, 0) is 118 Å². The third-order valence-electron chi connectivity index (χ3n) is 10.1. The van der Waals surface area contributed by atoms with Crippen LogP contribution in [0.5, 0.6) is 11.5 Å². The summed E-state index contributed by atoms with van der Waals surface area (Å²) in [7, 11) is 3.42. The Hall–Kier alpha value is -3.76. The zero-order valence-electron chi connectivity index (χ0n) is 24.3. The number of fused-ring (bicyclic) bond motifs is 6. The molecule has 4 nitrogen and oxygen atoms in total. The number of benzene rings is 3. The van der Waals surface area contributed by atoms with Gasteiger partial charge in [0.1, 0.15) is 0 Å². The van der Waals surface area contributed by atoms with Crippen molar-refractivity contribution in [2.45, 2.75) is 83.5 Å². The van der Waals surface area contributed by atoms with Gasteiger partial charge in [-0.3, -0.25) is 0 Å². The number of nitrogens with zero attached hydrogens (tertiary/aromatic N) is 2. The van der Waals surface area contributed by atoms with E-state index in [-0.39, 0.29) is 16.2 Å². The van der Waals surface area contributed by atoms with Crippen molar-refractivity contribution in [2.24, 2.45) is 0 Å². The van der Waals surface area contributed by atoms with Crippen LogP contribution in [-0.2, 0) is 29.1 Å². The van der Waals surface area contributed by atoms with E-state index in [2.05, 4.69) is 64.1 Å². The van der Waals surface area contributed by atoms with E-state index in [1.165, 1.54) is 33.4 Å². The van der Waals surface area contributed by atoms with E-state index in [0.717, 1.165) is 57.7 Å². The van der Waals surface area contributed by atoms with Gasteiger partial charge in [0.05, 0.1) is 37.5 Å². The standard InChI is InChI=1S/C35H36N2O2/c1-19-20(2)26(16-37)24-10-22-12-29-27(11-21(22)9-23(24)25(19)15-36)33(3,4)17-35(29)18-34(5,6)28-13-31(38-7)32(39-8)14-30(28)35/h11-14H,9-10,17-18H2,1-8H3. The summed E-state index contributed by atoms with van der Waals surface area (Å²) in [6.07, 6.45) is 3.45. The van der Waals surface area contributed by atoms with Crippen LogP contribution < -0.4 is 9.47 Å². The first-order valence-corrected chi connectivity index (χ1v) is 13.8. The van der Waals surface area contributed by atoms with E-state index in [1.54, 1.807) is 14.2 Å². The molecule has 1 spiro atoms. The SMILES string of the molecule is COc1cc2c(cc1OC)C1(CC(C)(C)c3cc4c(cc31)Cc1c(C#N)c(C)c(C)c(C#N)c1C4)CC2(C)C. The number of methoxy groups -OCH3 is 2. The number of hydrogen-bond acceptors (Lipinski definition) is 4. The quantitative estimate of drug-likeness (QED) is 0.282. The topological polar surface area (TPSA) is 66.0 Å². The second kappa shape index (κ2) is 8.12. The fourth-order valence-corrected chi connectivity index (χ4v) is 8.30. The minimum Gasteiger partial charge on any atom is -0.493 e. The predicted octanol–water partition coefficient (Wildman–Crippen LogP) is 7.21. The number of rotatable bonds is 2. The minimum absolute atomic E-state index is 0.00540. The van der Waals surface area contributed by atoms with Crippen LogP contribution in [0.1, 0.15) is 107 Å². The Morgan fingerprint density at radius 3 is 1.46 bits per heavy atom. The van der Waals surface area contributed by atoms with Crippen molar-refractivity contribution in [3.63, 3.8) is 0 Å². The van der Waals surface area contributed by atoms with Crippen molar-refractivity contribution in [2.75, 3.05) is 14.2 Å². The first kappa shape index (κ1) is 25.5. The second-order valence-corrected chi connectivity index (χ2v) is 13.2. The molecule has 0 fully saturated rings. The zero-order valence-corrected chi connectivity index (χ0v) is 24.3. The molecule has 3 aromatic rings. The van der Waals surface area contributed by atoms with Crippen LogP contribution in [0.3, 0.4) is 0 Å². The lowest BCUT2D eigenvalue weighted by Gasteiger charge is -2.31. The molecule has 0 bridgehead atoms. The average Bonchev–Trinajstić information content (AvgIpc) is 3.25. The maximum Gasteiger partial charge on any atom is 0.161 e. The molecule has 0 saturated heterocycles. The summed E-state index contributed by atoms with van der Waals surface area (Å²) >= 11 is 0. The molecular formula is C35H36N2O2. The van der Waals surface area contributed by atoms with Gasteiger partial charge in [0, 0.05) is 5.41 Å².